The van der Waals surface area contributed by atoms with Gasteiger partial charge in [-0.15, -0.1) is 0 Å². The van der Waals surface area contributed by atoms with E-state index in [-0.39, 0.29) is 11.4 Å². The lowest BCUT2D eigenvalue weighted by molar-refractivity contribution is 0.190. The molecule has 8 heteroatoms. The van der Waals surface area contributed by atoms with Crippen LogP contribution in [0.2, 0.25) is 5.02 Å². The van der Waals surface area contributed by atoms with E-state index in [2.05, 4.69) is 15.3 Å². The third-order valence-electron chi connectivity index (χ3n) is 4.65. The monoisotopic (exact) mass is 384 g/mol. The number of halogens is 1. The van der Waals surface area contributed by atoms with Crippen molar-refractivity contribution in [2.24, 2.45) is 0 Å². The molecule has 1 aliphatic carbocycles. The van der Waals surface area contributed by atoms with E-state index in [1.54, 1.807) is 37.5 Å². The van der Waals surface area contributed by atoms with Gasteiger partial charge in [-0.25, -0.2) is 9.78 Å². The number of benzene rings is 1. The molecule has 0 bridgehead atoms. The number of hydrogen-bond acceptors (Lipinski definition) is 4. The average molecular weight is 385 g/mol. The first-order chi connectivity index (χ1) is 13.0. The highest BCUT2D eigenvalue weighted by Gasteiger charge is 2.25. The van der Waals surface area contributed by atoms with Crippen molar-refractivity contribution in [2.45, 2.75) is 31.7 Å². The topological polar surface area (TPSA) is 97.1 Å². The van der Waals surface area contributed by atoms with Gasteiger partial charge in [0.1, 0.15) is 5.82 Å². The Labute approximate surface area is 159 Å². The van der Waals surface area contributed by atoms with E-state index in [1.165, 1.54) is 4.57 Å². The maximum atomic E-state index is 13.3. The van der Waals surface area contributed by atoms with E-state index in [1.807, 2.05) is 6.07 Å². The fraction of sp³-hybridized carbons (Fsp3) is 0.263. The van der Waals surface area contributed by atoms with Crippen molar-refractivity contribution in [1.29, 1.82) is 0 Å². The van der Waals surface area contributed by atoms with Crippen LogP contribution >= 0.6 is 11.6 Å². The molecule has 3 aromatic rings. The minimum Gasteiger partial charge on any atom is -0.465 e. The van der Waals surface area contributed by atoms with Crippen molar-refractivity contribution in [2.75, 3.05) is 0 Å². The SMILES string of the molecule is C[C@H](NC(=O)O)c1nc2cccc(Cl)c2c(=O)n1-c1cncc(C2CC2)c1. The van der Waals surface area contributed by atoms with Gasteiger partial charge < -0.3 is 10.4 Å². The van der Waals surface area contributed by atoms with Crippen LogP contribution in [-0.4, -0.2) is 25.7 Å². The van der Waals surface area contributed by atoms with Gasteiger partial charge in [0.15, 0.2) is 0 Å². The molecule has 0 unspecified atom stereocenters. The van der Waals surface area contributed by atoms with Crippen LogP contribution in [-0.2, 0) is 0 Å². The van der Waals surface area contributed by atoms with Gasteiger partial charge in [0.25, 0.3) is 5.56 Å². The Morgan fingerprint density at radius 3 is 2.85 bits per heavy atom. The van der Waals surface area contributed by atoms with Crippen molar-refractivity contribution in [3.05, 3.63) is 63.4 Å². The summed E-state index contributed by atoms with van der Waals surface area (Å²) in [6.45, 7) is 1.64. The number of carbonyl (C=O) groups is 1. The van der Waals surface area contributed by atoms with Gasteiger partial charge in [-0.1, -0.05) is 17.7 Å². The third-order valence-corrected chi connectivity index (χ3v) is 4.97. The van der Waals surface area contributed by atoms with Crippen LogP contribution in [0.25, 0.3) is 16.6 Å². The van der Waals surface area contributed by atoms with Crippen LogP contribution in [0.4, 0.5) is 4.79 Å². The molecule has 0 spiro atoms. The summed E-state index contributed by atoms with van der Waals surface area (Å²) < 4.78 is 1.40. The van der Waals surface area contributed by atoms with Crippen LogP contribution in [0, 0.1) is 0 Å². The van der Waals surface area contributed by atoms with Gasteiger partial charge >= 0.3 is 6.09 Å². The van der Waals surface area contributed by atoms with Crippen LogP contribution in [0.1, 0.15) is 43.1 Å². The van der Waals surface area contributed by atoms with Crippen molar-refractivity contribution in [3.63, 3.8) is 0 Å². The van der Waals surface area contributed by atoms with Crippen molar-refractivity contribution in [3.8, 4) is 5.69 Å². The third kappa shape index (κ3) is 3.26. The molecule has 138 valence electrons. The van der Waals surface area contributed by atoms with Crippen molar-refractivity contribution >= 4 is 28.6 Å². The molecule has 0 saturated heterocycles. The van der Waals surface area contributed by atoms with E-state index in [4.69, 9.17) is 16.7 Å². The second-order valence-corrected chi connectivity index (χ2v) is 7.07. The number of nitrogens with zero attached hydrogens (tertiary/aromatic N) is 3. The molecule has 4 rings (SSSR count). The number of carboxylic acid groups (broad SMARTS) is 1. The quantitative estimate of drug-likeness (QED) is 0.715. The van der Waals surface area contributed by atoms with Gasteiger partial charge in [-0.2, -0.15) is 0 Å². The first-order valence-electron chi connectivity index (χ1n) is 8.61. The Morgan fingerprint density at radius 2 is 2.15 bits per heavy atom. The highest BCUT2D eigenvalue weighted by atomic mass is 35.5. The zero-order valence-corrected chi connectivity index (χ0v) is 15.3. The van der Waals surface area contributed by atoms with E-state index >= 15 is 0 Å². The van der Waals surface area contributed by atoms with E-state index < -0.39 is 12.1 Å². The minimum atomic E-state index is -1.20. The second-order valence-electron chi connectivity index (χ2n) is 6.67. The van der Waals surface area contributed by atoms with E-state index in [9.17, 15) is 9.59 Å². The predicted octanol–water partition coefficient (Wildman–Crippen LogP) is 3.64. The molecular weight excluding hydrogens is 368 g/mol. The Bertz CT molecular complexity index is 1110. The van der Waals surface area contributed by atoms with Crippen LogP contribution in [0.5, 0.6) is 0 Å². The van der Waals surface area contributed by atoms with Crippen LogP contribution in [0.15, 0.2) is 41.5 Å². The molecule has 0 aliphatic heterocycles. The van der Waals surface area contributed by atoms with Gasteiger partial charge in [0, 0.05) is 6.20 Å². The fourth-order valence-corrected chi connectivity index (χ4v) is 3.45. The summed E-state index contributed by atoms with van der Waals surface area (Å²) in [4.78, 5) is 33.2. The number of pyridine rings is 1. The number of hydrogen-bond donors (Lipinski definition) is 2. The van der Waals surface area contributed by atoms with Crippen LogP contribution in [0.3, 0.4) is 0 Å². The molecule has 1 atom stereocenters. The number of aromatic nitrogens is 3. The molecular formula is C19H17ClN4O3. The molecule has 0 radical (unpaired) electrons. The van der Waals surface area contributed by atoms with Gasteiger partial charge in [0.2, 0.25) is 0 Å². The van der Waals surface area contributed by atoms with Gasteiger partial charge in [-0.3, -0.25) is 14.3 Å². The smallest absolute Gasteiger partial charge is 0.405 e. The molecule has 7 nitrogen and oxygen atoms in total. The van der Waals surface area contributed by atoms with Crippen molar-refractivity contribution in [1.82, 2.24) is 19.9 Å². The predicted molar refractivity (Wildman–Crippen MR) is 102 cm³/mol. The Balaban J connectivity index is 2.00. The van der Waals surface area contributed by atoms with Gasteiger partial charge in [-0.05, 0) is 49.4 Å². The summed E-state index contributed by atoms with van der Waals surface area (Å²) in [5.74, 6) is 0.745. The Hall–Kier alpha value is -2.93. The molecule has 1 saturated carbocycles. The Kier molecular flexibility index (Phi) is 4.31. The fourth-order valence-electron chi connectivity index (χ4n) is 3.20. The van der Waals surface area contributed by atoms with E-state index in [0.29, 0.717) is 27.5 Å². The lowest BCUT2D eigenvalue weighted by Gasteiger charge is -2.19. The summed E-state index contributed by atoms with van der Waals surface area (Å²) in [6, 6.07) is 6.23. The summed E-state index contributed by atoms with van der Waals surface area (Å²) in [5.41, 5.74) is 1.68. The molecule has 27 heavy (non-hydrogen) atoms. The number of amides is 1. The molecule has 1 aliphatic rings. The largest absolute Gasteiger partial charge is 0.465 e. The lowest BCUT2D eigenvalue weighted by atomic mass is 10.1. The maximum absolute atomic E-state index is 13.3. The average Bonchev–Trinajstić information content (AvgIpc) is 3.46. The summed E-state index contributed by atoms with van der Waals surface area (Å²) in [7, 11) is 0. The minimum absolute atomic E-state index is 0.284. The molecule has 2 aromatic heterocycles. The maximum Gasteiger partial charge on any atom is 0.405 e. The number of fused-ring (bicyclic) bond motifs is 1. The molecule has 2 heterocycles. The van der Waals surface area contributed by atoms with Crippen LogP contribution < -0.4 is 10.9 Å². The number of nitrogens with one attached hydrogen (secondary N) is 1. The summed E-state index contributed by atoms with van der Waals surface area (Å²) in [5, 5.41) is 12.1. The molecule has 1 amide bonds. The van der Waals surface area contributed by atoms with Crippen molar-refractivity contribution < 1.29 is 9.90 Å². The first kappa shape index (κ1) is 17.5. The Morgan fingerprint density at radius 1 is 1.37 bits per heavy atom. The number of rotatable bonds is 4. The molecule has 2 N–H and O–H groups in total. The summed E-state index contributed by atoms with van der Waals surface area (Å²) >= 11 is 6.25. The summed E-state index contributed by atoms with van der Waals surface area (Å²) in [6.07, 6.45) is 4.39. The zero-order chi connectivity index (χ0) is 19.1. The normalized spacial score (nSPS) is 14.9. The molecule has 1 aromatic carbocycles. The van der Waals surface area contributed by atoms with Gasteiger partial charge in [0.05, 0.1) is 33.9 Å². The first-order valence-corrected chi connectivity index (χ1v) is 8.99. The highest BCUT2D eigenvalue weighted by Crippen LogP contribution is 2.40. The van der Waals surface area contributed by atoms with E-state index in [0.717, 1.165) is 18.4 Å². The standard InChI is InChI=1S/C19H17ClN4O3/c1-10(22-19(26)27)17-23-15-4-2-3-14(20)16(15)18(25)24(17)13-7-12(8-21-9-13)11-5-6-11/h2-4,7-11,22H,5-6H2,1H3,(H,26,27)/t10-/m0/s1. The zero-order valence-electron chi connectivity index (χ0n) is 14.5. The highest BCUT2D eigenvalue weighted by molar-refractivity contribution is 6.35. The second kappa shape index (κ2) is 6.66. The lowest BCUT2D eigenvalue weighted by Crippen LogP contribution is -2.32. The molecule has 1 fully saturated rings.